The van der Waals surface area contributed by atoms with Gasteiger partial charge in [-0.05, 0) is 37.3 Å². The van der Waals surface area contributed by atoms with E-state index in [9.17, 15) is 9.18 Å². The number of carbonyl (C=O) groups excluding carboxylic acids is 1. The number of benzene rings is 2. The molecule has 0 saturated carbocycles. The second-order valence-corrected chi connectivity index (χ2v) is 5.85. The van der Waals surface area contributed by atoms with E-state index in [1.54, 1.807) is 44.4 Å². The van der Waals surface area contributed by atoms with Crippen LogP contribution in [0.2, 0.25) is 0 Å². The lowest BCUT2D eigenvalue weighted by molar-refractivity contribution is 0.102. The third-order valence-corrected chi connectivity index (χ3v) is 3.85. The van der Waals surface area contributed by atoms with E-state index in [1.165, 1.54) is 25.3 Å². The number of ether oxygens (including phenoxy) is 2. The van der Waals surface area contributed by atoms with Crippen LogP contribution in [0.3, 0.4) is 0 Å². The molecule has 3 rings (SSSR count). The molecular weight excluding hydrogens is 363 g/mol. The number of methoxy groups -OCH3 is 2. The van der Waals surface area contributed by atoms with Crippen molar-refractivity contribution < 1.29 is 18.7 Å². The van der Waals surface area contributed by atoms with E-state index in [0.717, 1.165) is 0 Å². The Hall–Kier alpha value is -3.68. The monoisotopic (exact) mass is 382 g/mol. The summed E-state index contributed by atoms with van der Waals surface area (Å²) >= 11 is 0. The zero-order valence-electron chi connectivity index (χ0n) is 15.6. The van der Waals surface area contributed by atoms with Crippen LogP contribution in [-0.4, -0.2) is 30.1 Å². The van der Waals surface area contributed by atoms with Crippen LogP contribution < -0.4 is 20.1 Å². The van der Waals surface area contributed by atoms with E-state index in [0.29, 0.717) is 22.9 Å². The normalized spacial score (nSPS) is 10.3. The van der Waals surface area contributed by atoms with E-state index in [1.807, 2.05) is 0 Å². The largest absolute Gasteiger partial charge is 0.493 e. The molecule has 0 bridgehead atoms. The maximum Gasteiger partial charge on any atom is 0.274 e. The zero-order chi connectivity index (χ0) is 20.1. The molecule has 28 heavy (non-hydrogen) atoms. The summed E-state index contributed by atoms with van der Waals surface area (Å²) in [5.74, 6) is 0.294. The van der Waals surface area contributed by atoms with Gasteiger partial charge in [0.05, 0.1) is 19.9 Å². The summed E-state index contributed by atoms with van der Waals surface area (Å²) in [7, 11) is 3.09. The first kappa shape index (κ1) is 19.1. The highest BCUT2D eigenvalue weighted by Gasteiger charge is 2.13. The Bertz CT molecular complexity index is 1010. The number of aryl methyl sites for hydroxylation is 1. The van der Waals surface area contributed by atoms with Crippen LogP contribution in [0.25, 0.3) is 0 Å². The molecule has 1 amide bonds. The van der Waals surface area contributed by atoms with E-state index in [4.69, 9.17) is 9.47 Å². The first-order chi connectivity index (χ1) is 13.5. The van der Waals surface area contributed by atoms with Gasteiger partial charge in [-0.15, -0.1) is 0 Å². The van der Waals surface area contributed by atoms with Gasteiger partial charge >= 0.3 is 0 Å². The number of amides is 1. The van der Waals surface area contributed by atoms with Crippen molar-refractivity contribution in [1.29, 1.82) is 0 Å². The highest BCUT2D eigenvalue weighted by molar-refractivity contribution is 6.03. The van der Waals surface area contributed by atoms with Gasteiger partial charge in [0.2, 0.25) is 5.95 Å². The van der Waals surface area contributed by atoms with Crippen LogP contribution in [0.15, 0.2) is 48.5 Å². The van der Waals surface area contributed by atoms with Crippen molar-refractivity contribution >= 4 is 23.2 Å². The van der Waals surface area contributed by atoms with Crippen LogP contribution in [0.1, 0.15) is 16.2 Å². The molecule has 0 aliphatic rings. The second kappa shape index (κ2) is 8.34. The Labute approximate surface area is 161 Å². The molecule has 0 unspecified atom stereocenters. The predicted molar refractivity (Wildman–Crippen MR) is 104 cm³/mol. The second-order valence-electron chi connectivity index (χ2n) is 5.85. The molecule has 0 fully saturated rings. The standard InChI is InChI=1S/C20H19FN4O3/c1-12-10-16(19(26)24-15-7-5-4-6-14(15)21)25-20(22-12)23-13-8-9-17(27-2)18(11-13)28-3/h4-11H,1-3H3,(H,24,26)(H,22,23,25). The summed E-state index contributed by atoms with van der Waals surface area (Å²) in [5.41, 5.74) is 1.43. The maximum atomic E-state index is 13.8. The van der Waals surface area contributed by atoms with Gasteiger partial charge in [-0.2, -0.15) is 0 Å². The minimum absolute atomic E-state index is 0.0816. The summed E-state index contributed by atoms with van der Waals surface area (Å²) < 4.78 is 24.2. The van der Waals surface area contributed by atoms with Crippen LogP contribution >= 0.6 is 0 Å². The summed E-state index contributed by atoms with van der Waals surface area (Å²) in [6.45, 7) is 1.74. The molecule has 8 heteroatoms. The number of aromatic nitrogens is 2. The Morgan fingerprint density at radius 3 is 2.46 bits per heavy atom. The lowest BCUT2D eigenvalue weighted by Gasteiger charge is -2.12. The minimum Gasteiger partial charge on any atom is -0.493 e. The molecule has 2 aromatic carbocycles. The molecule has 2 N–H and O–H groups in total. The van der Waals surface area contributed by atoms with Gasteiger partial charge in [0.25, 0.3) is 5.91 Å². The summed E-state index contributed by atoms with van der Waals surface area (Å²) in [6, 6.07) is 12.7. The quantitative estimate of drug-likeness (QED) is 0.672. The molecule has 1 aromatic heterocycles. The first-order valence-electron chi connectivity index (χ1n) is 8.41. The molecule has 0 spiro atoms. The van der Waals surface area contributed by atoms with Crippen molar-refractivity contribution in [2.45, 2.75) is 6.92 Å². The van der Waals surface area contributed by atoms with Crippen molar-refractivity contribution in [2.75, 3.05) is 24.9 Å². The molecule has 0 aliphatic heterocycles. The van der Waals surface area contributed by atoms with E-state index < -0.39 is 11.7 Å². The maximum absolute atomic E-state index is 13.8. The third-order valence-electron chi connectivity index (χ3n) is 3.85. The van der Waals surface area contributed by atoms with Crippen LogP contribution in [0.4, 0.5) is 21.7 Å². The fourth-order valence-electron chi connectivity index (χ4n) is 2.53. The Morgan fingerprint density at radius 1 is 1.00 bits per heavy atom. The minimum atomic E-state index is -0.536. The SMILES string of the molecule is COc1ccc(Nc2nc(C)cc(C(=O)Nc3ccccc3F)n2)cc1OC. The van der Waals surface area contributed by atoms with Gasteiger partial charge in [0, 0.05) is 17.4 Å². The van der Waals surface area contributed by atoms with Crippen LogP contribution in [0, 0.1) is 12.7 Å². The van der Waals surface area contributed by atoms with E-state index in [-0.39, 0.29) is 17.3 Å². The van der Waals surface area contributed by atoms with E-state index in [2.05, 4.69) is 20.6 Å². The zero-order valence-corrected chi connectivity index (χ0v) is 15.6. The van der Waals surface area contributed by atoms with E-state index >= 15 is 0 Å². The Morgan fingerprint density at radius 2 is 1.75 bits per heavy atom. The molecule has 1 heterocycles. The molecular formula is C20H19FN4O3. The number of anilines is 3. The van der Waals surface area contributed by atoms with Crippen LogP contribution in [0.5, 0.6) is 11.5 Å². The highest BCUT2D eigenvalue weighted by atomic mass is 19.1. The van der Waals surface area contributed by atoms with Gasteiger partial charge in [-0.1, -0.05) is 12.1 Å². The fraction of sp³-hybridized carbons (Fsp3) is 0.150. The van der Waals surface area contributed by atoms with Gasteiger partial charge in [-0.25, -0.2) is 14.4 Å². The number of hydrogen-bond acceptors (Lipinski definition) is 6. The van der Waals surface area contributed by atoms with Gasteiger partial charge in [-0.3, -0.25) is 4.79 Å². The number of hydrogen-bond donors (Lipinski definition) is 2. The number of rotatable bonds is 6. The number of carbonyl (C=O) groups is 1. The summed E-state index contributed by atoms with van der Waals surface area (Å²) in [4.78, 5) is 21.0. The average Bonchev–Trinajstić information content (AvgIpc) is 2.69. The smallest absolute Gasteiger partial charge is 0.274 e. The predicted octanol–water partition coefficient (Wildman–Crippen LogP) is 3.94. The average molecular weight is 382 g/mol. The summed E-state index contributed by atoms with van der Waals surface area (Å²) in [6.07, 6.45) is 0. The molecule has 0 atom stereocenters. The van der Waals surface area contributed by atoms with Gasteiger partial charge in [0.15, 0.2) is 11.5 Å². The Kier molecular flexibility index (Phi) is 5.69. The molecule has 3 aromatic rings. The van der Waals surface area contributed by atoms with Crippen LogP contribution in [-0.2, 0) is 0 Å². The van der Waals surface area contributed by atoms with Crippen molar-refractivity contribution in [2.24, 2.45) is 0 Å². The van der Waals surface area contributed by atoms with Crippen molar-refractivity contribution in [3.63, 3.8) is 0 Å². The highest BCUT2D eigenvalue weighted by Crippen LogP contribution is 2.30. The van der Waals surface area contributed by atoms with Crippen molar-refractivity contribution in [3.8, 4) is 11.5 Å². The number of nitrogens with zero attached hydrogens (tertiary/aromatic N) is 2. The number of para-hydroxylation sites is 1. The topological polar surface area (TPSA) is 85.4 Å². The molecule has 0 saturated heterocycles. The number of halogens is 1. The lowest BCUT2D eigenvalue weighted by Crippen LogP contribution is -2.16. The molecule has 0 radical (unpaired) electrons. The van der Waals surface area contributed by atoms with Gasteiger partial charge < -0.3 is 20.1 Å². The third kappa shape index (κ3) is 4.35. The molecule has 7 nitrogen and oxygen atoms in total. The van der Waals surface area contributed by atoms with Crippen molar-refractivity contribution in [1.82, 2.24) is 9.97 Å². The molecule has 0 aliphatic carbocycles. The fourth-order valence-corrected chi connectivity index (χ4v) is 2.53. The first-order valence-corrected chi connectivity index (χ1v) is 8.41. The Balaban J connectivity index is 1.83. The molecule has 144 valence electrons. The summed E-state index contributed by atoms with van der Waals surface area (Å²) in [5, 5.41) is 5.54. The van der Waals surface area contributed by atoms with Gasteiger partial charge in [0.1, 0.15) is 11.5 Å². The number of nitrogens with one attached hydrogen (secondary N) is 2. The van der Waals surface area contributed by atoms with Crippen molar-refractivity contribution in [3.05, 3.63) is 65.7 Å². The lowest BCUT2D eigenvalue weighted by atomic mass is 10.2.